The first-order chi connectivity index (χ1) is 9.61. The summed E-state index contributed by atoms with van der Waals surface area (Å²) in [6.07, 6.45) is 4.71. The van der Waals surface area contributed by atoms with Crippen LogP contribution in [-0.2, 0) is 0 Å². The van der Waals surface area contributed by atoms with E-state index in [0.29, 0.717) is 11.5 Å². The topological polar surface area (TPSA) is 92.7 Å². The van der Waals surface area contributed by atoms with Gasteiger partial charge in [0.25, 0.3) is 5.91 Å². The summed E-state index contributed by atoms with van der Waals surface area (Å²) in [5.41, 5.74) is 0.835. The third-order valence-electron chi connectivity index (χ3n) is 2.60. The van der Waals surface area contributed by atoms with Gasteiger partial charge in [0.05, 0.1) is 11.9 Å². The van der Waals surface area contributed by atoms with Crippen molar-refractivity contribution >= 4 is 17.5 Å². The summed E-state index contributed by atoms with van der Waals surface area (Å²) in [7, 11) is 1.71. The minimum Gasteiger partial charge on any atom is -0.385 e. The maximum absolute atomic E-state index is 12.2. The van der Waals surface area contributed by atoms with Crippen LogP contribution in [0.4, 0.5) is 11.6 Å². The number of nitrogens with one attached hydrogen (secondary N) is 2. The van der Waals surface area contributed by atoms with Crippen molar-refractivity contribution in [2.75, 3.05) is 17.7 Å². The second-order valence-electron chi connectivity index (χ2n) is 4.42. The molecule has 7 heteroatoms. The van der Waals surface area contributed by atoms with Gasteiger partial charge in [-0.2, -0.15) is 0 Å². The van der Waals surface area contributed by atoms with Gasteiger partial charge in [-0.3, -0.25) is 10.1 Å². The summed E-state index contributed by atoms with van der Waals surface area (Å²) in [5, 5.41) is 5.51. The molecule has 7 nitrogen and oxygen atoms in total. The highest BCUT2D eigenvalue weighted by Crippen LogP contribution is 2.16. The lowest BCUT2D eigenvalue weighted by atomic mass is 10.2. The van der Waals surface area contributed by atoms with Crippen LogP contribution in [0.1, 0.15) is 36.1 Å². The molecule has 2 aromatic rings. The standard InChI is InChI=1S/C13H16N6O/c1-8(2)11-17-7-9(14-3)10(18-11)12(20)19-13-15-5-4-6-16-13/h4-8,14H,1-3H3,(H,15,16,19,20). The first-order valence-corrected chi connectivity index (χ1v) is 6.25. The Balaban J connectivity index is 2.30. The molecule has 0 unspecified atom stereocenters. The molecule has 0 saturated carbocycles. The van der Waals surface area contributed by atoms with Gasteiger partial charge in [0.2, 0.25) is 5.95 Å². The average Bonchev–Trinajstić information content (AvgIpc) is 2.47. The molecule has 20 heavy (non-hydrogen) atoms. The van der Waals surface area contributed by atoms with Crippen molar-refractivity contribution in [2.24, 2.45) is 0 Å². The van der Waals surface area contributed by atoms with E-state index < -0.39 is 0 Å². The van der Waals surface area contributed by atoms with Crippen molar-refractivity contribution in [3.63, 3.8) is 0 Å². The molecule has 0 bridgehead atoms. The lowest BCUT2D eigenvalue weighted by Crippen LogP contribution is -2.19. The van der Waals surface area contributed by atoms with Gasteiger partial charge in [-0.25, -0.2) is 19.9 Å². The van der Waals surface area contributed by atoms with E-state index in [1.54, 1.807) is 31.7 Å². The summed E-state index contributed by atoms with van der Waals surface area (Å²) in [6.45, 7) is 3.94. The van der Waals surface area contributed by atoms with Crippen molar-refractivity contribution in [1.82, 2.24) is 19.9 Å². The molecule has 2 N–H and O–H groups in total. The lowest BCUT2D eigenvalue weighted by Gasteiger charge is -2.10. The van der Waals surface area contributed by atoms with Crippen molar-refractivity contribution in [1.29, 1.82) is 0 Å². The number of aromatic nitrogens is 4. The molecule has 2 aromatic heterocycles. The molecule has 0 aliphatic heterocycles. The summed E-state index contributed by atoms with van der Waals surface area (Å²) >= 11 is 0. The molecule has 2 heterocycles. The number of rotatable bonds is 4. The smallest absolute Gasteiger partial charge is 0.278 e. The first kappa shape index (κ1) is 13.9. The van der Waals surface area contributed by atoms with Crippen LogP contribution in [0.5, 0.6) is 0 Å². The fraction of sp³-hybridized carbons (Fsp3) is 0.308. The van der Waals surface area contributed by atoms with Crippen LogP contribution in [0, 0.1) is 0 Å². The molecule has 1 amide bonds. The maximum Gasteiger partial charge on any atom is 0.278 e. The summed E-state index contributed by atoms with van der Waals surface area (Å²) in [4.78, 5) is 28.7. The Kier molecular flexibility index (Phi) is 4.19. The van der Waals surface area contributed by atoms with Gasteiger partial charge in [-0.05, 0) is 6.07 Å². The summed E-state index contributed by atoms with van der Waals surface area (Å²) in [5.74, 6) is 0.623. The Hall–Kier alpha value is -2.57. The van der Waals surface area contributed by atoms with E-state index in [2.05, 4.69) is 30.6 Å². The Labute approximate surface area is 116 Å². The molecule has 0 fully saturated rings. The first-order valence-electron chi connectivity index (χ1n) is 6.25. The summed E-state index contributed by atoms with van der Waals surface area (Å²) in [6, 6.07) is 1.68. The Morgan fingerprint density at radius 2 is 1.90 bits per heavy atom. The van der Waals surface area contributed by atoms with Gasteiger partial charge in [-0.1, -0.05) is 13.8 Å². The van der Waals surface area contributed by atoms with Gasteiger partial charge in [0.1, 0.15) is 5.82 Å². The zero-order chi connectivity index (χ0) is 14.5. The van der Waals surface area contributed by atoms with Crippen LogP contribution in [0.3, 0.4) is 0 Å². The number of nitrogens with zero attached hydrogens (tertiary/aromatic N) is 4. The van der Waals surface area contributed by atoms with Crippen molar-refractivity contribution < 1.29 is 4.79 Å². The third kappa shape index (κ3) is 3.05. The molecular formula is C13H16N6O. The minimum absolute atomic E-state index is 0.139. The molecule has 0 aliphatic carbocycles. The molecule has 0 aromatic carbocycles. The second-order valence-corrected chi connectivity index (χ2v) is 4.42. The molecular weight excluding hydrogens is 256 g/mol. The number of hydrogen-bond acceptors (Lipinski definition) is 6. The molecule has 0 spiro atoms. The van der Waals surface area contributed by atoms with Gasteiger partial charge < -0.3 is 5.32 Å². The van der Waals surface area contributed by atoms with E-state index in [9.17, 15) is 4.79 Å². The molecule has 104 valence electrons. The fourth-order valence-electron chi connectivity index (χ4n) is 1.55. The van der Waals surface area contributed by atoms with Crippen LogP contribution in [0.25, 0.3) is 0 Å². The Morgan fingerprint density at radius 1 is 1.20 bits per heavy atom. The molecule has 0 saturated heterocycles. The Bertz CT molecular complexity index is 599. The van der Waals surface area contributed by atoms with Crippen LogP contribution >= 0.6 is 0 Å². The normalized spacial score (nSPS) is 10.4. The number of hydrogen-bond donors (Lipinski definition) is 2. The average molecular weight is 272 g/mol. The van der Waals surface area contributed by atoms with E-state index in [1.807, 2.05) is 13.8 Å². The predicted molar refractivity (Wildman–Crippen MR) is 75.7 cm³/mol. The number of carbonyl (C=O) groups excluding carboxylic acids is 1. The summed E-state index contributed by atoms with van der Waals surface area (Å²) < 4.78 is 0. The van der Waals surface area contributed by atoms with E-state index >= 15 is 0 Å². The third-order valence-corrected chi connectivity index (χ3v) is 2.60. The van der Waals surface area contributed by atoms with Gasteiger partial charge >= 0.3 is 0 Å². The zero-order valence-corrected chi connectivity index (χ0v) is 11.6. The molecule has 0 atom stereocenters. The van der Waals surface area contributed by atoms with Gasteiger partial charge in [0, 0.05) is 25.4 Å². The number of amides is 1. The van der Waals surface area contributed by atoms with Crippen molar-refractivity contribution in [3.05, 3.63) is 36.2 Å². The van der Waals surface area contributed by atoms with Crippen LogP contribution in [0.15, 0.2) is 24.7 Å². The molecule has 0 aliphatic rings. The second kappa shape index (κ2) is 6.05. The predicted octanol–water partition coefficient (Wildman–Crippen LogP) is 1.68. The van der Waals surface area contributed by atoms with Crippen LogP contribution < -0.4 is 10.6 Å². The molecule has 0 radical (unpaired) electrons. The van der Waals surface area contributed by atoms with Crippen LogP contribution in [0.2, 0.25) is 0 Å². The highest BCUT2D eigenvalue weighted by atomic mass is 16.2. The van der Waals surface area contributed by atoms with E-state index in [1.165, 1.54) is 0 Å². The minimum atomic E-state index is -0.371. The fourth-order valence-corrected chi connectivity index (χ4v) is 1.55. The Morgan fingerprint density at radius 3 is 2.50 bits per heavy atom. The largest absolute Gasteiger partial charge is 0.385 e. The zero-order valence-electron chi connectivity index (χ0n) is 11.6. The van der Waals surface area contributed by atoms with Crippen molar-refractivity contribution in [2.45, 2.75) is 19.8 Å². The highest BCUT2D eigenvalue weighted by Gasteiger charge is 2.16. The number of anilines is 2. The van der Waals surface area contributed by atoms with E-state index in [0.717, 1.165) is 0 Å². The van der Waals surface area contributed by atoms with Gasteiger partial charge in [0.15, 0.2) is 5.69 Å². The van der Waals surface area contributed by atoms with Gasteiger partial charge in [-0.15, -0.1) is 0 Å². The van der Waals surface area contributed by atoms with E-state index in [4.69, 9.17) is 0 Å². The van der Waals surface area contributed by atoms with Crippen LogP contribution in [-0.4, -0.2) is 32.9 Å². The quantitative estimate of drug-likeness (QED) is 0.879. The highest BCUT2D eigenvalue weighted by molar-refractivity contribution is 6.05. The van der Waals surface area contributed by atoms with E-state index in [-0.39, 0.29) is 23.5 Å². The monoisotopic (exact) mass is 272 g/mol. The maximum atomic E-state index is 12.2. The SMILES string of the molecule is CNc1cnc(C(C)C)nc1C(=O)Nc1ncccn1. The lowest BCUT2D eigenvalue weighted by molar-refractivity contribution is 0.102. The molecule has 2 rings (SSSR count). The van der Waals surface area contributed by atoms with Crippen molar-refractivity contribution in [3.8, 4) is 0 Å². The number of carbonyl (C=O) groups is 1.